The summed E-state index contributed by atoms with van der Waals surface area (Å²) in [7, 11) is 1.68. The molecule has 1 aliphatic rings. The molecule has 0 spiro atoms. The average Bonchev–Trinajstić information content (AvgIpc) is 2.54. The number of aliphatic imine (C=N–C) groups is 1. The zero-order valence-corrected chi connectivity index (χ0v) is 14.6. The van der Waals surface area contributed by atoms with Crippen LogP contribution in [0.2, 0.25) is 0 Å². The maximum atomic E-state index is 5.89. The lowest BCUT2D eigenvalue weighted by atomic mass is 9.99. The van der Waals surface area contributed by atoms with Crippen LogP contribution in [0.15, 0.2) is 29.3 Å². The first kappa shape index (κ1) is 17.6. The van der Waals surface area contributed by atoms with Crippen LogP contribution in [0.25, 0.3) is 0 Å². The van der Waals surface area contributed by atoms with Crippen molar-refractivity contribution in [2.45, 2.75) is 39.3 Å². The molecule has 5 nitrogen and oxygen atoms in total. The molecule has 1 saturated heterocycles. The minimum absolute atomic E-state index is 0.160. The first-order valence-corrected chi connectivity index (χ1v) is 8.47. The fraction of sp³-hybridized carbons (Fsp3) is 0.611. The minimum atomic E-state index is 0.160. The number of rotatable bonds is 6. The Kier molecular flexibility index (Phi) is 6.71. The topological polar surface area (TPSA) is 62.9 Å². The van der Waals surface area contributed by atoms with Gasteiger partial charge >= 0.3 is 0 Å². The second-order valence-electron chi connectivity index (χ2n) is 6.54. The van der Waals surface area contributed by atoms with E-state index in [2.05, 4.69) is 46.4 Å². The molecule has 128 valence electrons. The van der Waals surface area contributed by atoms with Crippen molar-refractivity contribution in [2.75, 3.05) is 31.7 Å². The SMILES string of the molecule is COCC(C)NC(N)=NCc1ccc(N2CCC(C)CC2)cc1. The molecule has 1 atom stereocenters. The quantitative estimate of drug-likeness (QED) is 0.624. The van der Waals surface area contributed by atoms with Gasteiger partial charge in [-0.25, -0.2) is 4.99 Å². The molecule has 1 fully saturated rings. The predicted molar refractivity (Wildman–Crippen MR) is 96.9 cm³/mol. The van der Waals surface area contributed by atoms with E-state index in [9.17, 15) is 0 Å². The summed E-state index contributed by atoms with van der Waals surface area (Å²) in [5.41, 5.74) is 8.37. The van der Waals surface area contributed by atoms with E-state index in [1.54, 1.807) is 7.11 Å². The number of nitrogens with two attached hydrogens (primary N) is 1. The van der Waals surface area contributed by atoms with Crippen molar-refractivity contribution in [3.63, 3.8) is 0 Å². The van der Waals surface area contributed by atoms with E-state index in [0.717, 1.165) is 19.0 Å². The Bertz CT molecular complexity index is 492. The van der Waals surface area contributed by atoms with E-state index in [1.165, 1.54) is 24.1 Å². The molecule has 0 aliphatic carbocycles. The van der Waals surface area contributed by atoms with E-state index in [-0.39, 0.29) is 6.04 Å². The van der Waals surface area contributed by atoms with E-state index >= 15 is 0 Å². The third-order valence-electron chi connectivity index (χ3n) is 4.33. The van der Waals surface area contributed by atoms with Gasteiger partial charge in [-0.05, 0) is 43.4 Å². The van der Waals surface area contributed by atoms with E-state index in [1.807, 2.05) is 6.92 Å². The molecule has 3 N–H and O–H groups in total. The zero-order valence-electron chi connectivity index (χ0n) is 14.6. The van der Waals surface area contributed by atoms with Crippen LogP contribution in [0.4, 0.5) is 5.69 Å². The van der Waals surface area contributed by atoms with Crippen LogP contribution in [0.5, 0.6) is 0 Å². The summed E-state index contributed by atoms with van der Waals surface area (Å²) < 4.78 is 5.07. The highest BCUT2D eigenvalue weighted by molar-refractivity contribution is 5.78. The molecule has 2 rings (SSSR count). The number of guanidine groups is 1. The van der Waals surface area contributed by atoms with Crippen LogP contribution in [0.3, 0.4) is 0 Å². The normalized spacial score (nSPS) is 18.0. The lowest BCUT2D eigenvalue weighted by molar-refractivity contribution is 0.179. The Hall–Kier alpha value is -1.75. The highest BCUT2D eigenvalue weighted by Crippen LogP contribution is 2.23. The summed E-state index contributed by atoms with van der Waals surface area (Å²) in [5.74, 6) is 1.32. The second-order valence-corrected chi connectivity index (χ2v) is 6.54. The summed E-state index contributed by atoms with van der Waals surface area (Å²) in [6.45, 7) is 7.87. The average molecular weight is 318 g/mol. The van der Waals surface area contributed by atoms with Crippen molar-refractivity contribution in [1.82, 2.24) is 5.32 Å². The number of anilines is 1. The molecule has 1 aliphatic heterocycles. The number of nitrogens with one attached hydrogen (secondary N) is 1. The smallest absolute Gasteiger partial charge is 0.189 e. The molecule has 1 aromatic rings. The predicted octanol–water partition coefficient (Wildman–Crippen LogP) is 2.36. The Labute approximate surface area is 139 Å². The molecule has 1 aromatic carbocycles. The monoisotopic (exact) mass is 318 g/mol. The van der Waals surface area contributed by atoms with Crippen molar-refractivity contribution in [1.29, 1.82) is 0 Å². The Morgan fingerprint density at radius 1 is 1.35 bits per heavy atom. The molecule has 1 unspecified atom stereocenters. The van der Waals surface area contributed by atoms with Gasteiger partial charge in [-0.15, -0.1) is 0 Å². The highest BCUT2D eigenvalue weighted by atomic mass is 16.5. The number of benzene rings is 1. The first-order valence-electron chi connectivity index (χ1n) is 8.47. The number of methoxy groups -OCH3 is 1. The van der Waals surface area contributed by atoms with E-state index < -0.39 is 0 Å². The summed E-state index contributed by atoms with van der Waals surface area (Å²) in [5, 5.41) is 3.11. The van der Waals surface area contributed by atoms with Crippen molar-refractivity contribution in [3.05, 3.63) is 29.8 Å². The molecule has 0 amide bonds. The number of ether oxygens (including phenoxy) is 1. The molecule has 0 radical (unpaired) electrons. The van der Waals surface area contributed by atoms with E-state index in [0.29, 0.717) is 19.1 Å². The van der Waals surface area contributed by atoms with Gasteiger partial charge in [0.15, 0.2) is 5.96 Å². The van der Waals surface area contributed by atoms with Gasteiger partial charge < -0.3 is 20.7 Å². The van der Waals surface area contributed by atoms with Gasteiger partial charge in [0.2, 0.25) is 0 Å². The van der Waals surface area contributed by atoms with Crippen molar-refractivity contribution >= 4 is 11.6 Å². The summed E-state index contributed by atoms with van der Waals surface area (Å²) in [6.07, 6.45) is 2.57. The van der Waals surface area contributed by atoms with Gasteiger partial charge in [-0.2, -0.15) is 0 Å². The van der Waals surface area contributed by atoms with Crippen LogP contribution in [-0.4, -0.2) is 38.8 Å². The summed E-state index contributed by atoms with van der Waals surface area (Å²) in [4.78, 5) is 6.85. The third kappa shape index (κ3) is 5.75. The highest BCUT2D eigenvalue weighted by Gasteiger charge is 2.15. The molecule has 23 heavy (non-hydrogen) atoms. The number of piperidine rings is 1. The molecule has 5 heteroatoms. The van der Waals surface area contributed by atoms with Gasteiger partial charge in [-0.3, -0.25) is 0 Å². The summed E-state index contributed by atoms with van der Waals surface area (Å²) in [6, 6.07) is 8.83. The molecule has 0 aromatic heterocycles. The van der Waals surface area contributed by atoms with Crippen LogP contribution >= 0.6 is 0 Å². The Morgan fingerprint density at radius 3 is 2.61 bits per heavy atom. The Balaban J connectivity index is 1.85. The number of nitrogens with zero attached hydrogens (tertiary/aromatic N) is 2. The summed E-state index contributed by atoms with van der Waals surface area (Å²) >= 11 is 0. The first-order chi connectivity index (χ1) is 11.1. The minimum Gasteiger partial charge on any atom is -0.383 e. The number of hydrogen-bond acceptors (Lipinski definition) is 3. The van der Waals surface area contributed by atoms with Crippen molar-refractivity contribution < 1.29 is 4.74 Å². The standard InChI is InChI=1S/C18H30N4O/c1-14-8-10-22(11-9-14)17-6-4-16(5-7-17)12-20-18(19)21-15(2)13-23-3/h4-7,14-15H,8-13H2,1-3H3,(H3,19,20,21). The van der Waals surface area contributed by atoms with Crippen LogP contribution in [-0.2, 0) is 11.3 Å². The molecule has 0 bridgehead atoms. The van der Waals surface area contributed by atoms with Crippen LogP contribution in [0.1, 0.15) is 32.3 Å². The fourth-order valence-electron chi connectivity index (χ4n) is 2.85. The largest absolute Gasteiger partial charge is 0.383 e. The maximum Gasteiger partial charge on any atom is 0.189 e. The lowest BCUT2D eigenvalue weighted by Crippen LogP contribution is -2.40. The molecular formula is C18H30N4O. The van der Waals surface area contributed by atoms with E-state index in [4.69, 9.17) is 10.5 Å². The third-order valence-corrected chi connectivity index (χ3v) is 4.33. The van der Waals surface area contributed by atoms with Gasteiger partial charge in [0, 0.05) is 31.9 Å². The number of hydrogen-bond donors (Lipinski definition) is 2. The van der Waals surface area contributed by atoms with Crippen LogP contribution < -0.4 is 16.0 Å². The van der Waals surface area contributed by atoms with Crippen molar-refractivity contribution in [3.8, 4) is 0 Å². The molecule has 1 heterocycles. The zero-order chi connectivity index (χ0) is 16.7. The van der Waals surface area contributed by atoms with Gasteiger partial charge in [0.25, 0.3) is 0 Å². The maximum absolute atomic E-state index is 5.89. The second kappa shape index (κ2) is 8.77. The lowest BCUT2D eigenvalue weighted by Gasteiger charge is -2.32. The molecular weight excluding hydrogens is 288 g/mol. The molecule has 0 saturated carbocycles. The van der Waals surface area contributed by atoms with Crippen molar-refractivity contribution in [2.24, 2.45) is 16.6 Å². The Morgan fingerprint density at radius 2 is 2.00 bits per heavy atom. The van der Waals surface area contributed by atoms with Gasteiger partial charge in [-0.1, -0.05) is 19.1 Å². The fourth-order valence-corrected chi connectivity index (χ4v) is 2.85. The van der Waals surface area contributed by atoms with Crippen LogP contribution in [0, 0.1) is 5.92 Å². The van der Waals surface area contributed by atoms with Gasteiger partial charge in [0.1, 0.15) is 0 Å². The van der Waals surface area contributed by atoms with Gasteiger partial charge in [0.05, 0.1) is 13.2 Å².